The topological polar surface area (TPSA) is 67.3 Å². The van der Waals surface area contributed by atoms with Gasteiger partial charge in [-0.15, -0.1) is 0 Å². The van der Waals surface area contributed by atoms with Gasteiger partial charge in [-0.1, -0.05) is 24.4 Å². The summed E-state index contributed by atoms with van der Waals surface area (Å²) in [7, 11) is 1.60. The van der Waals surface area contributed by atoms with Crippen molar-refractivity contribution in [1.29, 1.82) is 0 Å². The molecule has 0 amide bonds. The van der Waals surface area contributed by atoms with Crippen molar-refractivity contribution >= 4 is 17.4 Å². The average Bonchev–Trinajstić information content (AvgIpc) is 2.45. The Morgan fingerprint density at radius 2 is 2.10 bits per heavy atom. The van der Waals surface area contributed by atoms with Crippen LogP contribution in [-0.2, 0) is 11.3 Å². The minimum atomic E-state index is 0.270. The number of rotatable bonds is 6. The monoisotopic (exact) mass is 299 g/mol. The third-order valence-electron chi connectivity index (χ3n) is 3.86. The molecule has 0 radical (unpaired) electrons. The SMILES string of the molecule is COCc1nc(Cl)cc(NCC2CCCCC2CO)n1. The maximum absolute atomic E-state index is 9.43. The molecule has 1 heterocycles. The largest absolute Gasteiger partial charge is 0.396 e. The van der Waals surface area contributed by atoms with Gasteiger partial charge in [0.05, 0.1) is 0 Å². The fraction of sp³-hybridized carbons (Fsp3) is 0.714. The lowest BCUT2D eigenvalue weighted by Gasteiger charge is -2.30. The highest BCUT2D eigenvalue weighted by atomic mass is 35.5. The number of hydrogen-bond acceptors (Lipinski definition) is 5. The number of nitrogens with one attached hydrogen (secondary N) is 1. The van der Waals surface area contributed by atoms with Crippen LogP contribution in [0.15, 0.2) is 6.07 Å². The summed E-state index contributed by atoms with van der Waals surface area (Å²) in [5.74, 6) is 2.18. The Morgan fingerprint density at radius 3 is 2.80 bits per heavy atom. The maximum Gasteiger partial charge on any atom is 0.158 e. The molecule has 1 aliphatic carbocycles. The quantitative estimate of drug-likeness (QED) is 0.790. The third-order valence-corrected chi connectivity index (χ3v) is 4.05. The first-order chi connectivity index (χ1) is 9.72. The zero-order valence-corrected chi connectivity index (χ0v) is 12.6. The standard InChI is InChI=1S/C14H22ClN3O2/c1-20-9-14-17-12(15)6-13(18-14)16-7-10-4-2-3-5-11(10)8-19/h6,10-11,19H,2-5,7-9H2,1H3,(H,16,17,18). The molecular formula is C14H22ClN3O2. The van der Waals surface area contributed by atoms with Crippen LogP contribution in [0.25, 0.3) is 0 Å². The Balaban J connectivity index is 1.95. The van der Waals surface area contributed by atoms with Gasteiger partial charge >= 0.3 is 0 Å². The van der Waals surface area contributed by atoms with E-state index in [1.54, 1.807) is 13.2 Å². The van der Waals surface area contributed by atoms with Crippen LogP contribution in [0.3, 0.4) is 0 Å². The van der Waals surface area contributed by atoms with Gasteiger partial charge in [-0.2, -0.15) is 0 Å². The smallest absolute Gasteiger partial charge is 0.158 e. The minimum Gasteiger partial charge on any atom is -0.396 e. The van der Waals surface area contributed by atoms with Crippen molar-refractivity contribution in [3.63, 3.8) is 0 Å². The second-order valence-electron chi connectivity index (χ2n) is 5.29. The summed E-state index contributed by atoms with van der Waals surface area (Å²) in [5, 5.41) is 13.2. The molecular weight excluding hydrogens is 278 g/mol. The van der Waals surface area contributed by atoms with Gasteiger partial charge in [0.25, 0.3) is 0 Å². The second kappa shape index (κ2) is 7.76. The first-order valence-electron chi connectivity index (χ1n) is 7.10. The van der Waals surface area contributed by atoms with Gasteiger partial charge in [-0.3, -0.25) is 0 Å². The van der Waals surface area contributed by atoms with Crippen LogP contribution in [0.5, 0.6) is 0 Å². The van der Waals surface area contributed by atoms with E-state index in [2.05, 4.69) is 15.3 Å². The predicted molar refractivity (Wildman–Crippen MR) is 78.8 cm³/mol. The van der Waals surface area contributed by atoms with Crippen LogP contribution in [0.4, 0.5) is 5.82 Å². The zero-order chi connectivity index (χ0) is 14.4. The van der Waals surface area contributed by atoms with E-state index in [0.29, 0.717) is 29.4 Å². The average molecular weight is 300 g/mol. The van der Waals surface area contributed by atoms with E-state index in [1.165, 1.54) is 12.8 Å². The van der Waals surface area contributed by atoms with Gasteiger partial charge in [0.1, 0.15) is 17.6 Å². The number of hydrogen-bond donors (Lipinski definition) is 2. The highest BCUT2D eigenvalue weighted by Crippen LogP contribution is 2.29. The third kappa shape index (κ3) is 4.30. The van der Waals surface area contributed by atoms with Gasteiger partial charge < -0.3 is 15.2 Å². The predicted octanol–water partition coefficient (Wildman–Crippen LogP) is 2.49. The first-order valence-corrected chi connectivity index (χ1v) is 7.48. The Kier molecular flexibility index (Phi) is 6.01. The molecule has 0 bridgehead atoms. The zero-order valence-electron chi connectivity index (χ0n) is 11.8. The van der Waals surface area contributed by atoms with Crippen LogP contribution in [0.1, 0.15) is 31.5 Å². The molecule has 1 aromatic heterocycles. The van der Waals surface area contributed by atoms with Gasteiger partial charge in [-0.05, 0) is 24.7 Å². The molecule has 1 fully saturated rings. The number of halogens is 1. The Bertz CT molecular complexity index is 431. The van der Waals surface area contributed by atoms with Crippen LogP contribution in [-0.4, -0.2) is 35.3 Å². The van der Waals surface area contributed by atoms with Gasteiger partial charge in [0.15, 0.2) is 5.82 Å². The molecule has 112 valence electrons. The van der Waals surface area contributed by atoms with Crippen LogP contribution in [0.2, 0.25) is 5.15 Å². The van der Waals surface area contributed by atoms with Crippen LogP contribution in [0, 0.1) is 11.8 Å². The van der Waals surface area contributed by atoms with E-state index in [9.17, 15) is 5.11 Å². The van der Waals surface area contributed by atoms with Crippen molar-refractivity contribution in [1.82, 2.24) is 9.97 Å². The van der Waals surface area contributed by atoms with E-state index in [4.69, 9.17) is 16.3 Å². The molecule has 1 aromatic rings. The highest BCUT2D eigenvalue weighted by molar-refractivity contribution is 6.29. The fourth-order valence-corrected chi connectivity index (χ4v) is 2.98. The molecule has 6 heteroatoms. The van der Waals surface area contributed by atoms with Crippen molar-refractivity contribution in [2.75, 3.05) is 25.6 Å². The van der Waals surface area contributed by atoms with E-state index in [0.717, 1.165) is 25.2 Å². The number of ether oxygens (including phenoxy) is 1. The number of anilines is 1. The molecule has 1 aliphatic rings. The molecule has 0 saturated heterocycles. The van der Waals surface area contributed by atoms with Crippen molar-refractivity contribution in [2.45, 2.75) is 32.3 Å². The maximum atomic E-state index is 9.43. The van der Waals surface area contributed by atoms with Crippen molar-refractivity contribution in [3.8, 4) is 0 Å². The molecule has 20 heavy (non-hydrogen) atoms. The summed E-state index contributed by atoms with van der Waals surface area (Å²) in [5.41, 5.74) is 0. The second-order valence-corrected chi connectivity index (χ2v) is 5.68. The van der Waals surface area contributed by atoms with E-state index in [1.807, 2.05) is 0 Å². The molecule has 5 nitrogen and oxygen atoms in total. The van der Waals surface area contributed by atoms with Crippen LogP contribution >= 0.6 is 11.6 Å². The van der Waals surface area contributed by atoms with E-state index < -0.39 is 0 Å². The Morgan fingerprint density at radius 1 is 1.35 bits per heavy atom. The number of aliphatic hydroxyl groups is 1. The van der Waals surface area contributed by atoms with E-state index >= 15 is 0 Å². The summed E-state index contributed by atoms with van der Waals surface area (Å²) in [6.07, 6.45) is 4.73. The van der Waals surface area contributed by atoms with Gasteiger partial charge in [0.2, 0.25) is 0 Å². The van der Waals surface area contributed by atoms with Gasteiger partial charge in [0, 0.05) is 26.3 Å². The molecule has 2 N–H and O–H groups in total. The molecule has 1 saturated carbocycles. The highest BCUT2D eigenvalue weighted by Gasteiger charge is 2.24. The number of nitrogens with zero attached hydrogens (tertiary/aromatic N) is 2. The van der Waals surface area contributed by atoms with Gasteiger partial charge in [-0.25, -0.2) is 9.97 Å². The summed E-state index contributed by atoms with van der Waals surface area (Å²) in [6, 6.07) is 1.72. The minimum absolute atomic E-state index is 0.270. The molecule has 0 aromatic carbocycles. The number of aromatic nitrogens is 2. The molecule has 0 spiro atoms. The van der Waals surface area contributed by atoms with E-state index in [-0.39, 0.29) is 6.61 Å². The van der Waals surface area contributed by atoms with Crippen molar-refractivity contribution < 1.29 is 9.84 Å². The molecule has 0 aliphatic heterocycles. The van der Waals surface area contributed by atoms with Crippen molar-refractivity contribution in [3.05, 3.63) is 17.0 Å². The normalized spacial score (nSPS) is 22.8. The lowest BCUT2D eigenvalue weighted by atomic mass is 9.79. The Hall–Kier alpha value is -0.910. The molecule has 2 atom stereocenters. The number of aliphatic hydroxyl groups excluding tert-OH is 1. The lowest BCUT2D eigenvalue weighted by Crippen LogP contribution is -2.28. The summed E-state index contributed by atoms with van der Waals surface area (Å²) >= 11 is 5.98. The fourth-order valence-electron chi connectivity index (χ4n) is 2.78. The van der Waals surface area contributed by atoms with Crippen molar-refractivity contribution in [2.24, 2.45) is 11.8 Å². The summed E-state index contributed by atoms with van der Waals surface area (Å²) in [4.78, 5) is 8.46. The molecule has 2 rings (SSSR count). The lowest BCUT2D eigenvalue weighted by molar-refractivity contribution is 0.141. The summed E-state index contributed by atoms with van der Waals surface area (Å²) < 4.78 is 5.02. The molecule has 2 unspecified atom stereocenters. The summed E-state index contributed by atoms with van der Waals surface area (Å²) in [6.45, 7) is 1.43. The first kappa shape index (κ1) is 15.5. The Labute approximate surface area is 124 Å². The number of methoxy groups -OCH3 is 1. The van der Waals surface area contributed by atoms with Crippen LogP contribution < -0.4 is 5.32 Å².